The Balaban J connectivity index is 1.76. The zero-order chi connectivity index (χ0) is 21.4. The first-order valence-corrected chi connectivity index (χ1v) is 13.6. The lowest BCUT2D eigenvalue weighted by Crippen LogP contribution is -2.55. The SMILES string of the molecule is CC1(C)O[C@@H]2[C@H](OCc3ccccc3)[C@@H](CO[Si](C)(C)C(C)(C)C)C[C@@H](O)[C@@H]2O1. The molecule has 5 nitrogen and oxygen atoms in total. The van der Waals surface area contributed by atoms with Crippen LogP contribution in [0.15, 0.2) is 30.3 Å². The normalized spacial score (nSPS) is 32.2. The molecule has 3 rings (SSSR count). The highest BCUT2D eigenvalue weighted by atomic mass is 28.4. The smallest absolute Gasteiger partial charge is 0.191 e. The molecule has 0 radical (unpaired) electrons. The molecule has 1 aliphatic heterocycles. The average molecular weight is 423 g/mol. The predicted octanol–water partition coefficient (Wildman–Crippen LogP) is 4.49. The molecule has 1 aliphatic carbocycles. The summed E-state index contributed by atoms with van der Waals surface area (Å²) in [7, 11) is -1.90. The van der Waals surface area contributed by atoms with E-state index in [0.717, 1.165) is 5.56 Å². The van der Waals surface area contributed by atoms with Gasteiger partial charge >= 0.3 is 0 Å². The van der Waals surface area contributed by atoms with Crippen LogP contribution in [0.1, 0.15) is 46.6 Å². The Morgan fingerprint density at radius 3 is 2.34 bits per heavy atom. The van der Waals surface area contributed by atoms with E-state index in [9.17, 15) is 5.11 Å². The summed E-state index contributed by atoms with van der Waals surface area (Å²) in [6.07, 6.45) is -0.837. The van der Waals surface area contributed by atoms with Crippen LogP contribution in [0.4, 0.5) is 0 Å². The van der Waals surface area contributed by atoms with Gasteiger partial charge in [0, 0.05) is 12.5 Å². The molecule has 0 unspecified atom stereocenters. The van der Waals surface area contributed by atoms with Crippen molar-refractivity contribution in [3.8, 4) is 0 Å². The molecule has 1 heterocycles. The summed E-state index contributed by atoms with van der Waals surface area (Å²) < 4.78 is 25.1. The second-order valence-electron chi connectivity index (χ2n) is 10.5. The first-order chi connectivity index (χ1) is 13.4. The lowest BCUT2D eigenvalue weighted by atomic mass is 9.81. The van der Waals surface area contributed by atoms with E-state index in [1.807, 2.05) is 32.0 Å². The topological polar surface area (TPSA) is 57.2 Å². The van der Waals surface area contributed by atoms with Crippen LogP contribution in [0.3, 0.4) is 0 Å². The average Bonchev–Trinajstić information content (AvgIpc) is 2.95. The molecule has 2 fully saturated rings. The van der Waals surface area contributed by atoms with E-state index in [4.69, 9.17) is 18.6 Å². The number of benzene rings is 1. The third-order valence-electron chi connectivity index (χ3n) is 6.63. The summed E-state index contributed by atoms with van der Waals surface area (Å²) in [5.74, 6) is -0.665. The Hall–Kier alpha value is -0.763. The van der Waals surface area contributed by atoms with Gasteiger partial charge in [0.2, 0.25) is 0 Å². The maximum Gasteiger partial charge on any atom is 0.191 e. The number of ether oxygens (including phenoxy) is 3. The van der Waals surface area contributed by atoms with Crippen LogP contribution in [0.2, 0.25) is 18.1 Å². The molecule has 164 valence electrons. The molecule has 0 aromatic heterocycles. The Bertz CT molecular complexity index is 670. The van der Waals surface area contributed by atoms with E-state index in [1.54, 1.807) is 0 Å². The lowest BCUT2D eigenvalue weighted by Gasteiger charge is -2.43. The number of fused-ring (bicyclic) bond motifs is 1. The van der Waals surface area contributed by atoms with Gasteiger partial charge in [-0.1, -0.05) is 51.1 Å². The standard InChI is InChI=1S/C23H38O5Si/c1-22(2,3)29(6,7)26-15-17-13-18(24)20-21(28-23(4,5)27-20)19(17)25-14-16-11-9-8-10-12-16/h8-12,17-21,24H,13-15H2,1-7H3/t17-,18-,19-,20+,21-/m1/s1. The van der Waals surface area contributed by atoms with Gasteiger partial charge in [0.1, 0.15) is 12.2 Å². The van der Waals surface area contributed by atoms with Crippen LogP contribution in [0.25, 0.3) is 0 Å². The minimum absolute atomic E-state index is 0.0570. The van der Waals surface area contributed by atoms with E-state index in [2.05, 4.69) is 46.0 Å². The van der Waals surface area contributed by atoms with Gasteiger partial charge in [-0.15, -0.1) is 0 Å². The number of aliphatic hydroxyl groups is 1. The molecule has 1 saturated heterocycles. The molecule has 0 spiro atoms. The summed E-state index contributed by atoms with van der Waals surface area (Å²) in [5, 5.41) is 10.9. The largest absolute Gasteiger partial charge is 0.416 e. The lowest BCUT2D eigenvalue weighted by molar-refractivity contribution is -0.165. The molecule has 0 bridgehead atoms. The maximum atomic E-state index is 10.8. The van der Waals surface area contributed by atoms with Gasteiger partial charge in [-0.05, 0) is 44.0 Å². The van der Waals surface area contributed by atoms with Crippen LogP contribution >= 0.6 is 0 Å². The first-order valence-electron chi connectivity index (χ1n) is 10.7. The van der Waals surface area contributed by atoms with Crippen LogP contribution in [0, 0.1) is 5.92 Å². The summed E-state index contributed by atoms with van der Waals surface area (Å²) in [4.78, 5) is 0. The zero-order valence-corrected chi connectivity index (χ0v) is 20.0. The predicted molar refractivity (Wildman–Crippen MR) is 116 cm³/mol. The van der Waals surface area contributed by atoms with Crippen LogP contribution in [-0.2, 0) is 25.2 Å². The summed E-state index contributed by atoms with van der Waals surface area (Å²) in [5.41, 5.74) is 1.12. The Kier molecular flexibility index (Phi) is 6.64. The maximum absolute atomic E-state index is 10.8. The van der Waals surface area contributed by atoms with Crippen molar-refractivity contribution in [1.29, 1.82) is 0 Å². The second-order valence-corrected chi connectivity index (χ2v) is 15.3. The van der Waals surface area contributed by atoms with Crippen molar-refractivity contribution in [2.45, 2.75) is 96.0 Å². The fourth-order valence-electron chi connectivity index (χ4n) is 3.91. The van der Waals surface area contributed by atoms with E-state index in [0.29, 0.717) is 19.6 Å². The minimum atomic E-state index is -1.90. The van der Waals surface area contributed by atoms with Gasteiger partial charge in [-0.25, -0.2) is 0 Å². The highest BCUT2D eigenvalue weighted by Crippen LogP contribution is 2.42. The van der Waals surface area contributed by atoms with Gasteiger partial charge in [0.25, 0.3) is 0 Å². The highest BCUT2D eigenvalue weighted by Gasteiger charge is 2.55. The Morgan fingerprint density at radius 2 is 1.72 bits per heavy atom. The highest BCUT2D eigenvalue weighted by molar-refractivity contribution is 6.74. The molecule has 1 N–H and O–H groups in total. The van der Waals surface area contributed by atoms with Crippen molar-refractivity contribution in [3.05, 3.63) is 35.9 Å². The van der Waals surface area contributed by atoms with Gasteiger partial charge < -0.3 is 23.7 Å². The summed E-state index contributed by atoms with van der Waals surface area (Å²) in [6.45, 7) is 16.1. The molecule has 5 atom stereocenters. The van der Waals surface area contributed by atoms with Crippen molar-refractivity contribution >= 4 is 8.32 Å². The minimum Gasteiger partial charge on any atom is -0.416 e. The number of hydrogen-bond acceptors (Lipinski definition) is 5. The summed E-state index contributed by atoms with van der Waals surface area (Å²) in [6, 6.07) is 10.2. The van der Waals surface area contributed by atoms with Crippen LogP contribution < -0.4 is 0 Å². The Labute approximate surface area is 176 Å². The van der Waals surface area contributed by atoms with E-state index >= 15 is 0 Å². The van der Waals surface area contributed by atoms with Crippen molar-refractivity contribution in [2.24, 2.45) is 5.92 Å². The summed E-state index contributed by atoms with van der Waals surface area (Å²) >= 11 is 0. The fourth-order valence-corrected chi connectivity index (χ4v) is 4.97. The van der Waals surface area contributed by atoms with Gasteiger partial charge in [-0.3, -0.25) is 0 Å². The van der Waals surface area contributed by atoms with E-state index in [1.165, 1.54) is 0 Å². The first kappa shape index (κ1) is 22.9. The zero-order valence-electron chi connectivity index (χ0n) is 19.0. The number of rotatable bonds is 6. The quantitative estimate of drug-likeness (QED) is 0.684. The monoisotopic (exact) mass is 422 g/mol. The van der Waals surface area contributed by atoms with Crippen molar-refractivity contribution in [3.63, 3.8) is 0 Å². The van der Waals surface area contributed by atoms with Crippen LogP contribution in [0.5, 0.6) is 0 Å². The van der Waals surface area contributed by atoms with Crippen LogP contribution in [-0.4, -0.2) is 50.2 Å². The molecule has 1 aromatic carbocycles. The molecule has 2 aliphatic rings. The Morgan fingerprint density at radius 1 is 1.10 bits per heavy atom. The second kappa shape index (κ2) is 8.40. The van der Waals surface area contributed by atoms with Gasteiger partial charge in [-0.2, -0.15) is 0 Å². The molecule has 6 heteroatoms. The molecule has 1 saturated carbocycles. The fraction of sp³-hybridized carbons (Fsp3) is 0.739. The van der Waals surface area contributed by atoms with Crippen molar-refractivity contribution < 1.29 is 23.7 Å². The molecule has 1 aromatic rings. The van der Waals surface area contributed by atoms with Crippen molar-refractivity contribution in [1.82, 2.24) is 0 Å². The van der Waals surface area contributed by atoms with Gasteiger partial charge in [0.15, 0.2) is 14.1 Å². The third kappa shape index (κ3) is 5.30. The number of hydrogen-bond donors (Lipinski definition) is 1. The van der Waals surface area contributed by atoms with Gasteiger partial charge in [0.05, 0.1) is 18.8 Å². The third-order valence-corrected chi connectivity index (χ3v) is 11.1. The van der Waals surface area contributed by atoms with E-state index < -0.39 is 20.2 Å². The number of aliphatic hydroxyl groups excluding tert-OH is 1. The molecule has 0 amide bonds. The molecular formula is C23H38O5Si. The van der Waals surface area contributed by atoms with Crippen molar-refractivity contribution in [2.75, 3.05) is 6.61 Å². The molecular weight excluding hydrogens is 384 g/mol. The van der Waals surface area contributed by atoms with E-state index in [-0.39, 0.29) is 29.3 Å². The molecule has 29 heavy (non-hydrogen) atoms.